The van der Waals surface area contributed by atoms with Gasteiger partial charge >= 0.3 is 0 Å². The normalized spacial score (nSPS) is 16.2. The third kappa shape index (κ3) is 2.67. The van der Waals surface area contributed by atoms with E-state index < -0.39 is 15.9 Å². The minimum Gasteiger partial charge on any atom is -0.288 e. The van der Waals surface area contributed by atoms with Crippen molar-refractivity contribution in [3.05, 3.63) is 41.5 Å². The molecule has 7 heteroatoms. The number of rotatable bonds is 3. The highest BCUT2D eigenvalue weighted by atomic mass is 32.2. The summed E-state index contributed by atoms with van der Waals surface area (Å²) in [5.41, 5.74) is 2.58. The molecule has 2 rings (SSSR count). The first-order valence-electron chi connectivity index (χ1n) is 5.65. The first-order valence-corrected chi connectivity index (χ1v) is 7.09. The first-order chi connectivity index (χ1) is 8.95. The van der Waals surface area contributed by atoms with Crippen LogP contribution >= 0.6 is 0 Å². The van der Waals surface area contributed by atoms with Crippen molar-refractivity contribution in [1.82, 2.24) is 9.79 Å². The van der Waals surface area contributed by atoms with Gasteiger partial charge in [-0.05, 0) is 24.6 Å². The SMILES string of the molecule is Cc1cccc(S(=O)(=O)N2CC=C(C(=O)NO)C2)c1. The highest BCUT2D eigenvalue weighted by Gasteiger charge is 2.30. The van der Waals surface area contributed by atoms with Crippen LogP contribution in [0.4, 0.5) is 0 Å². The molecule has 0 atom stereocenters. The number of hydrogen-bond donors (Lipinski definition) is 2. The van der Waals surface area contributed by atoms with Crippen LogP contribution in [0.1, 0.15) is 5.56 Å². The molecule has 0 aliphatic carbocycles. The van der Waals surface area contributed by atoms with Gasteiger partial charge in [-0.2, -0.15) is 4.31 Å². The summed E-state index contributed by atoms with van der Waals surface area (Å²) in [6, 6.07) is 6.59. The number of hydrogen-bond acceptors (Lipinski definition) is 4. The van der Waals surface area contributed by atoms with Gasteiger partial charge in [-0.1, -0.05) is 18.2 Å². The van der Waals surface area contributed by atoms with Crippen molar-refractivity contribution in [1.29, 1.82) is 0 Å². The van der Waals surface area contributed by atoms with E-state index in [1.165, 1.54) is 21.9 Å². The quantitative estimate of drug-likeness (QED) is 0.622. The van der Waals surface area contributed by atoms with Crippen molar-refractivity contribution in [3.63, 3.8) is 0 Å². The number of carbonyl (C=O) groups excluding carboxylic acids is 1. The number of nitrogens with zero attached hydrogens (tertiary/aromatic N) is 1. The molecule has 1 aromatic carbocycles. The van der Waals surface area contributed by atoms with Crippen molar-refractivity contribution in [2.24, 2.45) is 0 Å². The predicted octanol–water partition coefficient (Wildman–Crippen LogP) is 0.431. The maximum Gasteiger partial charge on any atom is 0.271 e. The Morgan fingerprint density at radius 1 is 1.42 bits per heavy atom. The van der Waals surface area contributed by atoms with Crippen molar-refractivity contribution < 1.29 is 18.4 Å². The van der Waals surface area contributed by atoms with Crippen molar-refractivity contribution in [2.45, 2.75) is 11.8 Å². The Kier molecular flexibility index (Phi) is 3.70. The van der Waals surface area contributed by atoms with Crippen LogP contribution in [0, 0.1) is 6.92 Å². The molecule has 0 spiro atoms. The summed E-state index contributed by atoms with van der Waals surface area (Å²) < 4.78 is 25.9. The molecule has 6 nitrogen and oxygen atoms in total. The smallest absolute Gasteiger partial charge is 0.271 e. The van der Waals surface area contributed by atoms with E-state index in [9.17, 15) is 13.2 Å². The molecule has 102 valence electrons. The Labute approximate surface area is 111 Å². The lowest BCUT2D eigenvalue weighted by Crippen LogP contribution is -2.31. The molecular weight excluding hydrogens is 268 g/mol. The van der Waals surface area contributed by atoms with E-state index in [-0.39, 0.29) is 23.6 Å². The van der Waals surface area contributed by atoms with Gasteiger partial charge in [0.2, 0.25) is 10.0 Å². The average Bonchev–Trinajstić information content (AvgIpc) is 2.88. The molecule has 19 heavy (non-hydrogen) atoms. The van der Waals surface area contributed by atoms with Gasteiger partial charge in [0.1, 0.15) is 0 Å². The minimum atomic E-state index is -3.62. The fourth-order valence-corrected chi connectivity index (χ4v) is 3.34. The standard InChI is InChI=1S/C12H14N2O4S/c1-9-3-2-4-11(7-9)19(17,18)14-6-5-10(8-14)12(15)13-16/h2-5,7,16H,6,8H2,1H3,(H,13,15). The Bertz CT molecular complexity index is 637. The monoisotopic (exact) mass is 282 g/mol. The number of sulfonamides is 1. The topological polar surface area (TPSA) is 86.7 Å². The molecule has 0 saturated carbocycles. The van der Waals surface area contributed by atoms with Gasteiger partial charge in [-0.3, -0.25) is 10.0 Å². The second-order valence-electron chi connectivity index (χ2n) is 4.28. The summed E-state index contributed by atoms with van der Waals surface area (Å²) in [4.78, 5) is 11.4. The lowest BCUT2D eigenvalue weighted by molar-refractivity contribution is -0.125. The van der Waals surface area contributed by atoms with E-state index in [0.717, 1.165) is 5.56 Å². The third-order valence-electron chi connectivity index (χ3n) is 2.91. The van der Waals surface area contributed by atoms with Gasteiger partial charge in [-0.15, -0.1) is 0 Å². The molecule has 1 heterocycles. The van der Waals surface area contributed by atoms with E-state index in [1.54, 1.807) is 12.1 Å². The summed E-state index contributed by atoms with van der Waals surface area (Å²) in [6.45, 7) is 1.90. The Hall–Kier alpha value is -1.70. The summed E-state index contributed by atoms with van der Waals surface area (Å²) in [5.74, 6) is -0.679. The van der Waals surface area contributed by atoms with Crippen molar-refractivity contribution in [2.75, 3.05) is 13.1 Å². The largest absolute Gasteiger partial charge is 0.288 e. The summed E-state index contributed by atoms with van der Waals surface area (Å²) >= 11 is 0. The molecule has 1 aliphatic heterocycles. The van der Waals surface area contributed by atoms with Crippen LogP contribution in [0.15, 0.2) is 40.8 Å². The number of aryl methyl sites for hydroxylation is 1. The second kappa shape index (κ2) is 5.12. The van der Waals surface area contributed by atoms with Crippen LogP contribution in [0.5, 0.6) is 0 Å². The molecule has 1 amide bonds. The molecule has 0 bridgehead atoms. The van der Waals surface area contributed by atoms with Crippen LogP contribution in [-0.4, -0.2) is 36.9 Å². The highest BCUT2D eigenvalue weighted by molar-refractivity contribution is 7.89. The van der Waals surface area contributed by atoms with Gasteiger partial charge in [0.15, 0.2) is 0 Å². The number of benzene rings is 1. The summed E-state index contributed by atoms with van der Waals surface area (Å²) in [6.07, 6.45) is 1.49. The Morgan fingerprint density at radius 3 is 2.79 bits per heavy atom. The minimum absolute atomic E-state index is 0.0390. The summed E-state index contributed by atoms with van der Waals surface area (Å²) in [7, 11) is -3.62. The molecule has 0 aromatic heterocycles. The molecule has 1 aliphatic rings. The zero-order valence-corrected chi connectivity index (χ0v) is 11.1. The Morgan fingerprint density at radius 2 is 2.16 bits per heavy atom. The van der Waals surface area contributed by atoms with E-state index in [2.05, 4.69) is 0 Å². The van der Waals surface area contributed by atoms with Gasteiger partial charge in [-0.25, -0.2) is 13.9 Å². The van der Waals surface area contributed by atoms with Gasteiger partial charge in [0.25, 0.3) is 5.91 Å². The van der Waals surface area contributed by atoms with Gasteiger partial charge in [0.05, 0.1) is 4.90 Å². The highest BCUT2D eigenvalue weighted by Crippen LogP contribution is 2.21. The van der Waals surface area contributed by atoms with Crippen LogP contribution in [0.3, 0.4) is 0 Å². The first kappa shape index (κ1) is 13.7. The number of amides is 1. The molecule has 0 radical (unpaired) electrons. The van der Waals surface area contributed by atoms with Crippen LogP contribution in [-0.2, 0) is 14.8 Å². The zero-order chi connectivity index (χ0) is 14.0. The van der Waals surface area contributed by atoms with E-state index >= 15 is 0 Å². The van der Waals surface area contributed by atoms with E-state index in [0.29, 0.717) is 0 Å². The maximum absolute atomic E-state index is 12.3. The van der Waals surface area contributed by atoms with Gasteiger partial charge < -0.3 is 0 Å². The molecule has 0 unspecified atom stereocenters. The van der Waals surface area contributed by atoms with Crippen LogP contribution in [0.2, 0.25) is 0 Å². The number of nitrogens with one attached hydrogen (secondary N) is 1. The van der Waals surface area contributed by atoms with Crippen molar-refractivity contribution in [3.8, 4) is 0 Å². The fourth-order valence-electron chi connectivity index (χ4n) is 1.88. The molecular formula is C12H14N2O4S. The Balaban J connectivity index is 2.22. The average molecular weight is 282 g/mol. The van der Waals surface area contributed by atoms with Gasteiger partial charge in [0, 0.05) is 18.7 Å². The fraction of sp³-hybridized carbons (Fsp3) is 0.250. The third-order valence-corrected chi connectivity index (χ3v) is 4.72. The number of hydroxylamine groups is 1. The molecule has 0 fully saturated rings. The zero-order valence-electron chi connectivity index (χ0n) is 10.3. The lowest BCUT2D eigenvalue weighted by atomic mass is 10.2. The van der Waals surface area contributed by atoms with Crippen LogP contribution < -0.4 is 5.48 Å². The number of carbonyl (C=O) groups is 1. The van der Waals surface area contributed by atoms with E-state index in [1.807, 2.05) is 13.0 Å². The molecule has 0 saturated heterocycles. The second-order valence-corrected chi connectivity index (χ2v) is 6.22. The van der Waals surface area contributed by atoms with Crippen LogP contribution in [0.25, 0.3) is 0 Å². The van der Waals surface area contributed by atoms with E-state index in [4.69, 9.17) is 5.21 Å². The van der Waals surface area contributed by atoms with Crippen molar-refractivity contribution >= 4 is 15.9 Å². The lowest BCUT2D eigenvalue weighted by Gasteiger charge is -2.16. The summed E-state index contributed by atoms with van der Waals surface area (Å²) in [5, 5.41) is 8.53. The maximum atomic E-state index is 12.3. The molecule has 2 N–H and O–H groups in total. The predicted molar refractivity (Wildman–Crippen MR) is 68.0 cm³/mol. The molecule has 1 aromatic rings.